The molecule has 4 aromatic carbocycles. The van der Waals surface area contributed by atoms with Gasteiger partial charge in [0.05, 0.1) is 60.0 Å². The summed E-state index contributed by atoms with van der Waals surface area (Å²) in [6.45, 7) is 5.48. The van der Waals surface area contributed by atoms with Gasteiger partial charge in [-0.3, -0.25) is 15.1 Å². The minimum absolute atomic E-state index is 0.00281. The maximum Gasteiger partial charge on any atom is 0.407 e. The molecule has 15 nitrogen and oxygen atoms in total. The first-order valence-corrected chi connectivity index (χ1v) is 20.7. The van der Waals surface area contributed by atoms with E-state index < -0.39 is 36.4 Å². The highest BCUT2D eigenvalue weighted by Gasteiger charge is 2.48. The molecular weight excluding hydrogens is 795 g/mol. The van der Waals surface area contributed by atoms with Crippen LogP contribution in [0.1, 0.15) is 39.3 Å². The van der Waals surface area contributed by atoms with Crippen molar-refractivity contribution in [2.45, 2.75) is 62.9 Å². The number of alkyl carbamates (subject to hydrolysis) is 1. The highest BCUT2D eigenvalue weighted by atomic mass is 16.5. The molecule has 0 radical (unpaired) electrons. The Balaban J connectivity index is 1.24. The molecule has 326 valence electrons. The normalized spacial score (nSPS) is 19.6. The Morgan fingerprint density at radius 2 is 1.40 bits per heavy atom. The summed E-state index contributed by atoms with van der Waals surface area (Å²) in [4.78, 5) is 17.7. The molecule has 4 N–H and O–H groups in total. The number of nitrogens with one attached hydrogen (secondary N) is 2. The fourth-order valence-electron chi connectivity index (χ4n) is 9.74. The van der Waals surface area contributed by atoms with Crippen molar-refractivity contribution < 1.29 is 43.4 Å². The number of phenols is 2. The fraction of sp³-hybridized carbons (Fsp3) is 0.426. The number of aromatic hydroxyl groups is 2. The average Bonchev–Trinajstić information content (AvgIpc) is 3.79. The predicted molar refractivity (Wildman–Crippen MR) is 230 cm³/mol. The van der Waals surface area contributed by atoms with Crippen molar-refractivity contribution in [2.75, 3.05) is 67.9 Å². The Morgan fingerprint density at radius 3 is 1.95 bits per heavy atom. The van der Waals surface area contributed by atoms with Crippen molar-refractivity contribution in [2.24, 2.45) is 0 Å². The van der Waals surface area contributed by atoms with Gasteiger partial charge in [-0.15, -0.1) is 0 Å². The summed E-state index contributed by atoms with van der Waals surface area (Å²) < 4.78 is 34.3. The van der Waals surface area contributed by atoms with Crippen LogP contribution in [0.4, 0.5) is 4.79 Å². The molecule has 2 saturated heterocycles. The van der Waals surface area contributed by atoms with Crippen LogP contribution in [0.5, 0.6) is 34.5 Å². The average molecular weight is 849 g/mol. The number of nitriles is 2. The molecule has 62 heavy (non-hydrogen) atoms. The second-order valence-corrected chi connectivity index (χ2v) is 15.7. The van der Waals surface area contributed by atoms with Crippen LogP contribution in [-0.2, 0) is 22.3 Å². The molecule has 2 heterocycles. The van der Waals surface area contributed by atoms with Crippen molar-refractivity contribution >= 4 is 6.09 Å². The third-order valence-electron chi connectivity index (χ3n) is 12.4. The van der Waals surface area contributed by atoms with E-state index in [1.54, 1.807) is 26.0 Å². The molecule has 0 spiro atoms. The molecule has 4 aromatic rings. The number of morpholine rings is 1. The van der Waals surface area contributed by atoms with Gasteiger partial charge in [-0.05, 0) is 72.2 Å². The van der Waals surface area contributed by atoms with Crippen molar-refractivity contribution in [1.82, 2.24) is 20.4 Å². The maximum atomic E-state index is 13.7. The van der Waals surface area contributed by atoms with Gasteiger partial charge >= 0.3 is 6.09 Å². The molecule has 15 heteroatoms. The van der Waals surface area contributed by atoms with Crippen LogP contribution in [0.3, 0.4) is 0 Å². The highest BCUT2D eigenvalue weighted by molar-refractivity contribution is 5.79. The maximum absolute atomic E-state index is 13.7. The van der Waals surface area contributed by atoms with E-state index in [1.165, 1.54) is 28.4 Å². The molecule has 0 aromatic heterocycles. The molecule has 1 unspecified atom stereocenters. The van der Waals surface area contributed by atoms with Gasteiger partial charge in [0, 0.05) is 48.8 Å². The second kappa shape index (κ2) is 19.2. The van der Waals surface area contributed by atoms with Gasteiger partial charge < -0.3 is 44.0 Å². The Kier molecular flexibility index (Phi) is 13.6. The van der Waals surface area contributed by atoms with Crippen LogP contribution in [0.15, 0.2) is 60.7 Å². The number of methoxy groups -OCH3 is 4. The molecule has 1 aliphatic carbocycles. The number of benzene rings is 4. The first-order valence-electron chi connectivity index (χ1n) is 20.7. The van der Waals surface area contributed by atoms with Crippen molar-refractivity contribution in [3.05, 3.63) is 94.0 Å². The zero-order chi connectivity index (χ0) is 44.1. The van der Waals surface area contributed by atoms with Crippen molar-refractivity contribution in [3.8, 4) is 57.8 Å². The summed E-state index contributed by atoms with van der Waals surface area (Å²) in [5.41, 5.74) is 6.81. The van der Waals surface area contributed by atoms with Crippen LogP contribution in [0.25, 0.3) is 11.1 Å². The lowest BCUT2D eigenvalue weighted by Crippen LogP contribution is -2.60. The van der Waals surface area contributed by atoms with Gasteiger partial charge in [-0.2, -0.15) is 10.5 Å². The first-order chi connectivity index (χ1) is 30.1. The number of amides is 1. The number of hydrogen-bond donors (Lipinski definition) is 4. The van der Waals surface area contributed by atoms with Gasteiger partial charge in [0.1, 0.15) is 30.2 Å². The number of rotatable bonds is 15. The monoisotopic (exact) mass is 848 g/mol. The topological polar surface area (TPSA) is 191 Å². The third-order valence-corrected chi connectivity index (χ3v) is 12.4. The van der Waals surface area contributed by atoms with Crippen molar-refractivity contribution in [3.63, 3.8) is 0 Å². The van der Waals surface area contributed by atoms with Gasteiger partial charge in [-0.1, -0.05) is 48.5 Å². The molecule has 0 saturated carbocycles. The first kappa shape index (κ1) is 43.8. The van der Waals surface area contributed by atoms with Crippen LogP contribution in [0.2, 0.25) is 0 Å². The van der Waals surface area contributed by atoms with Crippen LogP contribution in [-0.4, -0.2) is 124 Å². The van der Waals surface area contributed by atoms with E-state index in [4.69, 9.17) is 28.4 Å². The molecule has 3 aliphatic rings. The zero-order valence-electron chi connectivity index (χ0n) is 35.9. The Bertz CT molecular complexity index is 2310. The molecule has 1 amide bonds. The predicted octanol–water partition coefficient (Wildman–Crippen LogP) is 5.16. The highest BCUT2D eigenvalue weighted by Crippen LogP contribution is 2.45. The fourth-order valence-corrected chi connectivity index (χ4v) is 9.74. The lowest BCUT2D eigenvalue weighted by molar-refractivity contribution is -0.00111. The minimum atomic E-state index is -0.876. The molecular formula is C47H54N6O9. The number of ether oxygens (including phenoxy) is 6. The van der Waals surface area contributed by atoms with E-state index in [-0.39, 0.29) is 54.9 Å². The molecule has 2 aliphatic heterocycles. The molecule has 7 rings (SSSR count). The summed E-state index contributed by atoms with van der Waals surface area (Å²) in [7, 11) is 6.01. The van der Waals surface area contributed by atoms with Crippen LogP contribution in [0, 0.1) is 36.5 Å². The summed E-state index contributed by atoms with van der Waals surface area (Å²) >= 11 is 0. The van der Waals surface area contributed by atoms with E-state index >= 15 is 0 Å². The zero-order valence-corrected chi connectivity index (χ0v) is 35.9. The largest absolute Gasteiger partial charge is 0.504 e. The SMILES string of the molecule is COc1c(O)cc(C[C@@H]2N[C@H](CNC(=O)OCC3c4ccccc4-c4ccccc43)N([C@@H](Cc3cc(O)c(OC)c(C)c3OC)[C@H]([13C]#N)N3CCOCC3)C2[13C]#N)c(OC)c1C. The number of hydrogen-bond acceptors (Lipinski definition) is 14. The van der Waals surface area contributed by atoms with Crippen molar-refractivity contribution in [1.29, 1.82) is 10.5 Å². The number of fused-ring (bicyclic) bond motifs is 3. The molecule has 5 atom stereocenters. The lowest BCUT2D eigenvalue weighted by Gasteiger charge is -2.42. The van der Waals surface area contributed by atoms with Crippen LogP contribution < -0.4 is 29.6 Å². The van der Waals surface area contributed by atoms with Gasteiger partial charge in [0.15, 0.2) is 23.0 Å². The quantitative estimate of drug-likeness (QED) is 0.115. The van der Waals surface area contributed by atoms with E-state index in [0.717, 1.165) is 22.3 Å². The molecule has 2 fully saturated rings. The van der Waals surface area contributed by atoms with E-state index in [9.17, 15) is 25.5 Å². The van der Waals surface area contributed by atoms with Gasteiger partial charge in [0.25, 0.3) is 0 Å². The van der Waals surface area contributed by atoms with E-state index in [1.807, 2.05) is 34.1 Å². The summed E-state index contributed by atoms with van der Waals surface area (Å²) in [6.07, 6.45) is -0.950. The van der Waals surface area contributed by atoms with E-state index in [2.05, 4.69) is 47.0 Å². The Labute approximate surface area is 362 Å². The second-order valence-electron chi connectivity index (χ2n) is 15.7. The minimum Gasteiger partial charge on any atom is -0.504 e. The number of nitrogens with zero attached hydrogens (tertiary/aromatic N) is 4. The summed E-state index contributed by atoms with van der Waals surface area (Å²) in [5, 5.41) is 50.9. The Hall–Kier alpha value is -6.23. The van der Waals surface area contributed by atoms with Gasteiger partial charge in [0.2, 0.25) is 0 Å². The Morgan fingerprint density at radius 1 is 0.855 bits per heavy atom. The van der Waals surface area contributed by atoms with Crippen LogP contribution >= 0.6 is 0 Å². The summed E-state index contributed by atoms with van der Waals surface area (Å²) in [5.74, 6) is 1.21. The number of carbonyl (C=O) groups excluding carboxylic acids is 1. The lowest BCUT2D eigenvalue weighted by atomic mass is 9.94. The smallest absolute Gasteiger partial charge is 0.407 e. The third kappa shape index (κ3) is 8.37. The summed E-state index contributed by atoms with van der Waals surface area (Å²) in [6, 6.07) is 21.5. The standard InChI is InChI=1S/C47H54N6O9/c1-27-43(57-3)29(21-40(54)45(27)59-5)19-36-38(23-48)53(37(39(24-49)52-15-17-61-18-16-52)20-30-22-41(55)46(60-6)28(2)44(30)58-4)42(51-36)25-50-47(56)62-26-35-33-13-9-7-11-31(33)32-12-8-10-14-34(32)35/h7-14,21-22,35-39,42,51,54-55H,15-20,25-26H2,1-6H3,(H,50,56)/t36-,37-,38?,39-,42-/m0/s1/i23+1,24+1. The molecule has 0 bridgehead atoms. The van der Waals surface area contributed by atoms with E-state index in [0.29, 0.717) is 60.1 Å². The number of carbonyl (C=O) groups is 1. The van der Waals surface area contributed by atoms with Gasteiger partial charge in [-0.25, -0.2) is 4.79 Å². The number of phenolic OH excluding ortho intramolecular Hbond substituents is 2.